The number of thiocarbonyl (C=S) groups is 1. The first kappa shape index (κ1) is 16.1. The third kappa shape index (κ3) is 4.26. The highest BCUT2D eigenvalue weighted by molar-refractivity contribution is 7.93. The molecule has 0 aliphatic rings. The van der Waals surface area contributed by atoms with Gasteiger partial charge in [0.2, 0.25) is 10.0 Å². The van der Waals surface area contributed by atoms with E-state index < -0.39 is 15.3 Å². The monoisotopic (exact) mass is 300 g/mol. The minimum atomic E-state index is -3.51. The fraction of sp³-hybridized carbons (Fsp3) is 0.462. The molecule has 19 heavy (non-hydrogen) atoms. The Labute approximate surface area is 120 Å². The van der Waals surface area contributed by atoms with Crippen molar-refractivity contribution in [3.8, 4) is 0 Å². The Hall–Kier alpha value is -0.980. The second kappa shape index (κ2) is 6.98. The van der Waals surface area contributed by atoms with Crippen molar-refractivity contribution < 1.29 is 8.42 Å². The van der Waals surface area contributed by atoms with Gasteiger partial charge in [0.25, 0.3) is 0 Å². The minimum Gasteiger partial charge on any atom is -0.392 e. The minimum absolute atomic E-state index is 0.0128. The van der Waals surface area contributed by atoms with Crippen molar-refractivity contribution in [1.82, 2.24) is 4.72 Å². The molecule has 106 valence electrons. The molecule has 1 aromatic carbocycles. The second-order valence-corrected chi connectivity index (χ2v) is 6.71. The smallest absolute Gasteiger partial charge is 0.221 e. The normalized spacial score (nSPS) is 13.2. The maximum Gasteiger partial charge on any atom is 0.221 e. The highest BCUT2D eigenvalue weighted by Gasteiger charge is 2.25. The summed E-state index contributed by atoms with van der Waals surface area (Å²) in [4.78, 5) is 0.0128. The Morgan fingerprint density at radius 1 is 1.32 bits per heavy atom. The molecule has 0 heterocycles. The lowest BCUT2D eigenvalue weighted by molar-refractivity contribution is 0.574. The summed E-state index contributed by atoms with van der Waals surface area (Å²) in [6, 6.07) is 7.76. The Bertz CT molecular complexity index is 541. The van der Waals surface area contributed by atoms with Crippen LogP contribution in [0, 0.1) is 0 Å². The van der Waals surface area contributed by atoms with E-state index in [1.54, 1.807) is 6.92 Å². The Balaban J connectivity index is 2.83. The molecule has 1 atom stereocenters. The SMILES string of the molecule is CCc1ccccc1CNS(=O)(=O)C(CC)C(N)=S. The van der Waals surface area contributed by atoms with Gasteiger partial charge >= 0.3 is 0 Å². The Morgan fingerprint density at radius 3 is 2.37 bits per heavy atom. The summed E-state index contributed by atoms with van der Waals surface area (Å²) in [5.41, 5.74) is 7.58. The number of rotatable bonds is 7. The molecule has 0 spiro atoms. The molecule has 1 aromatic rings. The highest BCUT2D eigenvalue weighted by Crippen LogP contribution is 2.11. The zero-order valence-electron chi connectivity index (χ0n) is 11.2. The zero-order chi connectivity index (χ0) is 14.5. The standard InChI is InChI=1S/C13H20N2O2S2/c1-3-10-7-5-6-8-11(10)9-15-19(16,17)12(4-2)13(14)18/h5-8,12,15H,3-4,9H2,1-2H3,(H2,14,18). The molecule has 0 aliphatic carbocycles. The van der Waals surface area contributed by atoms with Gasteiger partial charge in [-0.15, -0.1) is 0 Å². The van der Waals surface area contributed by atoms with E-state index in [4.69, 9.17) is 18.0 Å². The van der Waals surface area contributed by atoms with Gasteiger partial charge in [-0.3, -0.25) is 0 Å². The first-order valence-corrected chi connectivity index (χ1v) is 8.22. The predicted molar refractivity (Wildman–Crippen MR) is 82.4 cm³/mol. The Morgan fingerprint density at radius 2 is 1.89 bits per heavy atom. The van der Waals surface area contributed by atoms with Crippen molar-refractivity contribution in [2.75, 3.05) is 0 Å². The van der Waals surface area contributed by atoms with Crippen LogP contribution in [0.1, 0.15) is 31.4 Å². The van der Waals surface area contributed by atoms with Gasteiger partial charge in [0.1, 0.15) is 5.25 Å². The third-order valence-electron chi connectivity index (χ3n) is 3.03. The van der Waals surface area contributed by atoms with Crippen LogP contribution in [-0.2, 0) is 23.0 Å². The van der Waals surface area contributed by atoms with Crippen LogP contribution < -0.4 is 10.5 Å². The largest absolute Gasteiger partial charge is 0.392 e. The van der Waals surface area contributed by atoms with Crippen molar-refractivity contribution in [1.29, 1.82) is 0 Å². The van der Waals surface area contributed by atoms with Crippen LogP contribution in [0.4, 0.5) is 0 Å². The zero-order valence-corrected chi connectivity index (χ0v) is 12.9. The topological polar surface area (TPSA) is 72.2 Å². The van der Waals surface area contributed by atoms with Crippen molar-refractivity contribution in [2.45, 2.75) is 38.5 Å². The highest BCUT2D eigenvalue weighted by atomic mass is 32.2. The summed E-state index contributed by atoms with van der Waals surface area (Å²) in [6.45, 7) is 4.06. The number of aryl methyl sites for hydroxylation is 1. The summed E-state index contributed by atoms with van der Waals surface area (Å²) in [6.07, 6.45) is 1.24. The molecule has 0 fully saturated rings. The van der Waals surface area contributed by atoms with Gasteiger partial charge in [-0.2, -0.15) is 0 Å². The molecule has 0 bridgehead atoms. The van der Waals surface area contributed by atoms with Gasteiger partial charge in [-0.05, 0) is 24.0 Å². The summed E-state index contributed by atoms with van der Waals surface area (Å²) in [7, 11) is -3.51. The molecular weight excluding hydrogens is 280 g/mol. The fourth-order valence-corrected chi connectivity index (χ4v) is 3.78. The lowest BCUT2D eigenvalue weighted by Crippen LogP contribution is -2.41. The first-order valence-electron chi connectivity index (χ1n) is 6.27. The predicted octanol–water partition coefficient (Wildman–Crippen LogP) is 1.73. The van der Waals surface area contributed by atoms with Gasteiger partial charge in [0.15, 0.2) is 0 Å². The lowest BCUT2D eigenvalue weighted by Gasteiger charge is -2.16. The first-order chi connectivity index (χ1) is 8.92. The van der Waals surface area contributed by atoms with Crippen LogP contribution in [0.15, 0.2) is 24.3 Å². The van der Waals surface area contributed by atoms with E-state index in [-0.39, 0.29) is 11.5 Å². The van der Waals surface area contributed by atoms with Gasteiger partial charge in [0, 0.05) is 6.54 Å². The number of nitrogens with one attached hydrogen (secondary N) is 1. The molecule has 0 saturated heterocycles. The van der Waals surface area contributed by atoms with E-state index in [0.29, 0.717) is 6.42 Å². The molecule has 1 unspecified atom stereocenters. The summed E-state index contributed by atoms with van der Waals surface area (Å²) >= 11 is 4.80. The molecule has 0 radical (unpaired) electrons. The molecule has 0 aliphatic heterocycles. The summed E-state index contributed by atoms with van der Waals surface area (Å²) in [5.74, 6) is 0. The quantitative estimate of drug-likeness (QED) is 0.752. The molecule has 0 aromatic heterocycles. The maximum atomic E-state index is 12.1. The number of hydrogen-bond acceptors (Lipinski definition) is 3. The average Bonchev–Trinajstić information content (AvgIpc) is 2.36. The van der Waals surface area contributed by atoms with Crippen LogP contribution in [0.3, 0.4) is 0 Å². The van der Waals surface area contributed by atoms with Crippen LogP contribution in [-0.4, -0.2) is 18.7 Å². The molecule has 6 heteroatoms. The van der Waals surface area contributed by atoms with Crippen LogP contribution in [0.5, 0.6) is 0 Å². The summed E-state index contributed by atoms with van der Waals surface area (Å²) < 4.78 is 26.8. The molecule has 1 rings (SSSR count). The van der Waals surface area contributed by atoms with Crippen molar-refractivity contribution in [3.05, 3.63) is 35.4 Å². The number of benzene rings is 1. The van der Waals surface area contributed by atoms with Gasteiger partial charge in [0.05, 0.1) is 4.99 Å². The van der Waals surface area contributed by atoms with Gasteiger partial charge in [-0.25, -0.2) is 13.1 Å². The van der Waals surface area contributed by atoms with Crippen molar-refractivity contribution in [2.24, 2.45) is 5.73 Å². The van der Waals surface area contributed by atoms with Gasteiger partial charge < -0.3 is 5.73 Å². The maximum absolute atomic E-state index is 12.1. The van der Waals surface area contributed by atoms with Crippen molar-refractivity contribution in [3.63, 3.8) is 0 Å². The number of nitrogens with two attached hydrogens (primary N) is 1. The Kier molecular flexibility index (Phi) is 5.90. The average molecular weight is 300 g/mol. The van der Waals surface area contributed by atoms with E-state index in [9.17, 15) is 8.42 Å². The fourth-order valence-electron chi connectivity index (χ4n) is 1.93. The van der Waals surface area contributed by atoms with Gasteiger partial charge in [-0.1, -0.05) is 50.3 Å². The van der Waals surface area contributed by atoms with Crippen LogP contribution >= 0.6 is 12.2 Å². The number of sulfonamides is 1. The second-order valence-electron chi connectivity index (χ2n) is 4.29. The molecule has 4 nitrogen and oxygen atoms in total. The molecule has 0 saturated carbocycles. The van der Waals surface area contributed by atoms with E-state index in [1.807, 2.05) is 31.2 Å². The van der Waals surface area contributed by atoms with E-state index in [1.165, 1.54) is 0 Å². The van der Waals surface area contributed by atoms with E-state index in [2.05, 4.69) is 4.72 Å². The summed E-state index contributed by atoms with van der Waals surface area (Å²) in [5, 5.41) is -0.809. The van der Waals surface area contributed by atoms with Crippen LogP contribution in [0.25, 0.3) is 0 Å². The molecular formula is C13H20N2O2S2. The van der Waals surface area contributed by atoms with E-state index in [0.717, 1.165) is 17.5 Å². The third-order valence-corrected chi connectivity index (χ3v) is 5.34. The van der Waals surface area contributed by atoms with Crippen LogP contribution in [0.2, 0.25) is 0 Å². The number of hydrogen-bond donors (Lipinski definition) is 2. The van der Waals surface area contributed by atoms with Crippen molar-refractivity contribution >= 4 is 27.2 Å². The lowest BCUT2D eigenvalue weighted by atomic mass is 10.1. The molecule has 3 N–H and O–H groups in total. The van der Waals surface area contributed by atoms with E-state index >= 15 is 0 Å². The molecule has 0 amide bonds.